The van der Waals surface area contributed by atoms with Gasteiger partial charge >= 0.3 is 12.1 Å². The van der Waals surface area contributed by atoms with Crippen LogP contribution in [0.4, 0.5) is 19.1 Å². The SMILES string of the molecule is COC(=O)c1ccc(Cl)c(Cc2n[nH]c(=O)c3ccc(OC4CCC4)cc23)c1.O=C(c1ccc(Cl)c(Cc2n[nH]c(=O)c3ccc(OC4CCC4)cc23)c1)N1CCN(c2ncc(C(F)(F)F)cn2)CC1. The summed E-state index contributed by atoms with van der Waals surface area (Å²) in [5.41, 5.74) is 2.01. The van der Waals surface area contributed by atoms with E-state index in [0.717, 1.165) is 55.8 Å². The second-order valence-corrected chi connectivity index (χ2v) is 18.1. The van der Waals surface area contributed by atoms with Crippen LogP contribution in [0.25, 0.3) is 21.5 Å². The predicted molar refractivity (Wildman–Crippen MR) is 256 cm³/mol. The highest BCUT2D eigenvalue weighted by atomic mass is 35.5. The number of carbonyl (C=O) groups excluding carboxylic acids is 2. The van der Waals surface area contributed by atoms with Crippen molar-refractivity contribution in [1.82, 2.24) is 35.3 Å². The number of halogens is 5. The second-order valence-electron chi connectivity index (χ2n) is 17.3. The Kier molecular flexibility index (Phi) is 14.1. The summed E-state index contributed by atoms with van der Waals surface area (Å²) in [6.45, 7) is 1.43. The minimum Gasteiger partial charge on any atom is -0.490 e. The Morgan fingerprint density at radius 3 is 1.61 bits per heavy atom. The van der Waals surface area contributed by atoms with Gasteiger partial charge in [-0.15, -0.1) is 0 Å². The van der Waals surface area contributed by atoms with E-state index in [0.29, 0.717) is 98.0 Å². The molecule has 0 unspecified atom stereocenters. The largest absolute Gasteiger partial charge is 0.490 e. The highest BCUT2D eigenvalue weighted by molar-refractivity contribution is 6.32. The van der Waals surface area contributed by atoms with Gasteiger partial charge in [0, 0.05) is 77.8 Å². The normalized spacial score (nSPS) is 15.2. The van der Waals surface area contributed by atoms with Crippen LogP contribution in [-0.4, -0.2) is 92.6 Å². The number of anilines is 1. The van der Waals surface area contributed by atoms with Gasteiger partial charge in [0.05, 0.1) is 52.6 Å². The molecule has 0 spiro atoms. The number of fused-ring (bicyclic) bond motifs is 2. The van der Waals surface area contributed by atoms with Crippen LogP contribution >= 0.6 is 23.2 Å². The zero-order valence-electron chi connectivity index (χ0n) is 37.7. The number of hydrogen-bond donors (Lipinski definition) is 2. The number of aromatic nitrogens is 6. The molecule has 3 aromatic heterocycles. The molecule has 2 N–H and O–H groups in total. The molecule has 2 aliphatic carbocycles. The van der Waals surface area contributed by atoms with Crippen molar-refractivity contribution >= 4 is 62.6 Å². The molecule has 3 fully saturated rings. The third kappa shape index (κ3) is 10.7. The second kappa shape index (κ2) is 20.5. The summed E-state index contributed by atoms with van der Waals surface area (Å²) in [4.78, 5) is 61.0. The summed E-state index contributed by atoms with van der Waals surface area (Å²) in [5.74, 6) is 0.951. The quantitative estimate of drug-likeness (QED) is 0.118. The van der Waals surface area contributed by atoms with E-state index in [2.05, 4.69) is 30.4 Å². The van der Waals surface area contributed by atoms with Crippen LogP contribution in [0, 0.1) is 0 Å². The van der Waals surface area contributed by atoms with Gasteiger partial charge in [-0.1, -0.05) is 23.2 Å². The molecule has 0 atom stereocenters. The maximum absolute atomic E-state index is 13.4. The molecular weight excluding hydrogens is 952 g/mol. The Hall–Kier alpha value is -7.05. The number of esters is 1. The lowest BCUT2D eigenvalue weighted by atomic mass is 9.96. The van der Waals surface area contributed by atoms with Gasteiger partial charge in [0.15, 0.2) is 0 Å². The molecule has 1 amide bonds. The van der Waals surface area contributed by atoms with Crippen LogP contribution in [0.2, 0.25) is 10.0 Å². The molecule has 1 aliphatic heterocycles. The summed E-state index contributed by atoms with van der Waals surface area (Å²) in [7, 11) is 1.33. The van der Waals surface area contributed by atoms with Crippen LogP contribution in [0.15, 0.2) is 94.8 Å². The predicted octanol–water partition coefficient (Wildman–Crippen LogP) is 8.76. The molecule has 15 nitrogen and oxygen atoms in total. The van der Waals surface area contributed by atoms with Gasteiger partial charge in [-0.2, -0.15) is 23.4 Å². The number of rotatable bonds is 11. The number of benzene rings is 4. The lowest BCUT2D eigenvalue weighted by Gasteiger charge is -2.34. The van der Waals surface area contributed by atoms with Crippen molar-refractivity contribution in [1.29, 1.82) is 0 Å². The number of nitrogens with zero attached hydrogens (tertiary/aromatic N) is 6. The number of ether oxygens (including phenoxy) is 3. The van der Waals surface area contributed by atoms with Crippen molar-refractivity contribution in [3.05, 3.63) is 155 Å². The van der Waals surface area contributed by atoms with Crippen molar-refractivity contribution < 1.29 is 37.0 Å². The number of methoxy groups -OCH3 is 1. The Morgan fingerprint density at radius 2 is 1.16 bits per heavy atom. The van der Waals surface area contributed by atoms with E-state index in [1.54, 1.807) is 64.4 Å². The molecule has 3 aliphatic rings. The molecule has 2 saturated carbocycles. The number of aromatic amines is 2. The number of amides is 1. The first-order chi connectivity index (χ1) is 33.7. The summed E-state index contributed by atoms with van der Waals surface area (Å²) in [5, 5.41) is 16.9. The van der Waals surface area contributed by atoms with Gasteiger partial charge in [0.25, 0.3) is 17.0 Å². The minimum absolute atomic E-state index is 0.183. The topological polar surface area (TPSA) is 186 Å². The molecule has 0 radical (unpaired) electrons. The van der Waals surface area contributed by atoms with E-state index in [1.165, 1.54) is 13.5 Å². The summed E-state index contributed by atoms with van der Waals surface area (Å²) in [6.07, 6.45) is 4.50. The molecule has 10 rings (SSSR count). The van der Waals surface area contributed by atoms with Gasteiger partial charge in [-0.05, 0) is 122 Å². The Balaban J connectivity index is 0.000000188. The third-order valence-corrected chi connectivity index (χ3v) is 13.4. The molecule has 362 valence electrons. The summed E-state index contributed by atoms with van der Waals surface area (Å²) < 4.78 is 55.2. The van der Waals surface area contributed by atoms with Crippen LogP contribution in [0.5, 0.6) is 11.5 Å². The molecule has 1 saturated heterocycles. The zero-order chi connectivity index (χ0) is 49.1. The Bertz CT molecular complexity index is 3210. The maximum Gasteiger partial charge on any atom is 0.419 e. The fraction of sp³-hybridized carbons (Fsp3) is 0.320. The number of nitrogens with one attached hydrogen (secondary N) is 2. The highest BCUT2D eigenvalue weighted by Gasteiger charge is 2.32. The number of alkyl halides is 3. The van der Waals surface area contributed by atoms with Crippen LogP contribution < -0.4 is 25.5 Å². The molecule has 7 aromatic rings. The van der Waals surface area contributed by atoms with E-state index < -0.39 is 17.7 Å². The number of carbonyl (C=O) groups is 2. The fourth-order valence-corrected chi connectivity index (χ4v) is 8.63. The van der Waals surface area contributed by atoms with Crippen molar-refractivity contribution in [2.24, 2.45) is 0 Å². The third-order valence-electron chi connectivity index (χ3n) is 12.7. The molecular formula is C50H45Cl2F3N8O7. The van der Waals surface area contributed by atoms with Gasteiger partial charge < -0.3 is 24.0 Å². The molecule has 20 heteroatoms. The first-order valence-corrected chi connectivity index (χ1v) is 23.4. The van der Waals surface area contributed by atoms with Crippen LogP contribution in [-0.2, 0) is 23.8 Å². The Morgan fingerprint density at radius 1 is 0.671 bits per heavy atom. The van der Waals surface area contributed by atoms with E-state index in [1.807, 2.05) is 18.2 Å². The van der Waals surface area contributed by atoms with Crippen molar-refractivity contribution in [3.63, 3.8) is 0 Å². The van der Waals surface area contributed by atoms with Gasteiger partial charge in [-0.3, -0.25) is 14.4 Å². The average Bonchev–Trinajstić information content (AvgIpc) is 3.34. The monoisotopic (exact) mass is 996 g/mol. The standard InChI is InChI=1S/C29H26ClF3N6O3.C21H19ClN2O4/c30-24-7-4-17(27(41)38-8-10-39(11-9-38)28-34-15-19(16-35-28)29(31,32)33)12-18(24)13-25-23-14-21(42-20-2-1-3-20)5-6-22(23)26(40)37-36-25;1-27-21(26)12-5-8-18(22)13(9-12)10-19-17-11-15(28-14-3-2-4-14)6-7-16(17)20(25)24-23-19/h4-7,12,14-16,20H,1-3,8-11,13H2,(H,37,40);5-9,11,14H,2-4,10H2,1H3,(H,24,25). The number of hydrogen-bond acceptors (Lipinski definition) is 12. The van der Waals surface area contributed by atoms with E-state index in [4.69, 9.17) is 37.4 Å². The zero-order valence-corrected chi connectivity index (χ0v) is 39.2. The summed E-state index contributed by atoms with van der Waals surface area (Å²) in [6, 6.07) is 20.7. The van der Waals surface area contributed by atoms with Crippen LogP contribution in [0.1, 0.15) is 87.3 Å². The average molecular weight is 998 g/mol. The van der Waals surface area contributed by atoms with E-state index in [-0.39, 0.29) is 41.6 Å². The van der Waals surface area contributed by atoms with Crippen molar-refractivity contribution in [3.8, 4) is 11.5 Å². The number of piperazine rings is 1. The van der Waals surface area contributed by atoms with Crippen molar-refractivity contribution in [2.75, 3.05) is 38.2 Å². The van der Waals surface area contributed by atoms with E-state index in [9.17, 15) is 32.3 Å². The highest BCUT2D eigenvalue weighted by Crippen LogP contribution is 2.32. The lowest BCUT2D eigenvalue weighted by molar-refractivity contribution is -0.138. The first kappa shape index (κ1) is 48.0. The first-order valence-electron chi connectivity index (χ1n) is 22.7. The van der Waals surface area contributed by atoms with Gasteiger partial charge in [-0.25, -0.2) is 25.0 Å². The fourth-order valence-electron chi connectivity index (χ4n) is 8.26. The molecule has 4 heterocycles. The summed E-state index contributed by atoms with van der Waals surface area (Å²) >= 11 is 12.9. The lowest BCUT2D eigenvalue weighted by Crippen LogP contribution is -2.49. The van der Waals surface area contributed by atoms with Gasteiger partial charge in [0.2, 0.25) is 5.95 Å². The minimum atomic E-state index is -4.51. The van der Waals surface area contributed by atoms with Crippen molar-refractivity contribution in [2.45, 2.75) is 69.8 Å². The number of H-pyrrole nitrogens is 2. The molecule has 0 bridgehead atoms. The van der Waals surface area contributed by atoms with Crippen LogP contribution in [0.3, 0.4) is 0 Å². The van der Waals surface area contributed by atoms with Gasteiger partial charge in [0.1, 0.15) is 11.5 Å². The maximum atomic E-state index is 13.4. The molecule has 70 heavy (non-hydrogen) atoms. The Labute approximate surface area is 407 Å². The van der Waals surface area contributed by atoms with E-state index >= 15 is 0 Å². The smallest absolute Gasteiger partial charge is 0.419 e. The molecule has 4 aromatic carbocycles.